The van der Waals surface area contributed by atoms with Crippen molar-refractivity contribution >= 4 is 27.7 Å². The molecule has 0 saturated heterocycles. The van der Waals surface area contributed by atoms with Crippen LogP contribution < -0.4 is 5.73 Å². The lowest BCUT2D eigenvalue weighted by molar-refractivity contribution is 0.721. The zero-order valence-electron chi connectivity index (χ0n) is 11.1. The molecule has 0 radical (unpaired) electrons. The number of halogens is 1. The molecule has 100 valence electrons. The fourth-order valence-electron chi connectivity index (χ4n) is 1.92. The Morgan fingerprint density at radius 3 is 2.37 bits per heavy atom. The van der Waals surface area contributed by atoms with Gasteiger partial charge in [-0.2, -0.15) is 0 Å². The first-order valence-electron chi connectivity index (χ1n) is 6.30. The maximum Gasteiger partial charge on any atom is 0.0492 e. The average Bonchev–Trinajstić information content (AvgIpc) is 2.37. The molecule has 2 aromatic carbocycles. The van der Waals surface area contributed by atoms with E-state index in [1.807, 2.05) is 17.8 Å². The first kappa shape index (κ1) is 14.6. The van der Waals surface area contributed by atoms with Gasteiger partial charge in [0, 0.05) is 20.7 Å². The maximum absolute atomic E-state index is 6.16. The third-order valence-electron chi connectivity index (χ3n) is 2.94. The molecule has 2 aromatic rings. The smallest absolute Gasteiger partial charge is 0.0492 e. The van der Waals surface area contributed by atoms with Gasteiger partial charge in [0.25, 0.3) is 0 Å². The largest absolute Gasteiger partial charge is 0.327 e. The quantitative estimate of drug-likeness (QED) is 0.801. The molecule has 0 bridgehead atoms. The van der Waals surface area contributed by atoms with Gasteiger partial charge in [0.15, 0.2) is 0 Å². The van der Waals surface area contributed by atoms with Gasteiger partial charge in [0.2, 0.25) is 0 Å². The lowest BCUT2D eigenvalue weighted by atomic mass is 10.1. The van der Waals surface area contributed by atoms with E-state index < -0.39 is 0 Å². The minimum absolute atomic E-state index is 0.103. The van der Waals surface area contributed by atoms with E-state index in [4.69, 9.17) is 5.73 Å². The second-order valence-electron chi connectivity index (χ2n) is 4.77. The fraction of sp³-hybridized carbons (Fsp3) is 0.250. The number of aryl methyl sites for hydroxylation is 1. The molecule has 0 spiro atoms. The van der Waals surface area contributed by atoms with Crippen LogP contribution in [0.3, 0.4) is 0 Å². The molecule has 0 aliphatic rings. The van der Waals surface area contributed by atoms with Crippen molar-refractivity contribution in [3.63, 3.8) is 0 Å². The van der Waals surface area contributed by atoms with Gasteiger partial charge in [-0.3, -0.25) is 0 Å². The minimum Gasteiger partial charge on any atom is -0.327 e. The Kier molecular flexibility index (Phi) is 5.08. The monoisotopic (exact) mass is 335 g/mol. The van der Waals surface area contributed by atoms with Crippen molar-refractivity contribution in [1.82, 2.24) is 0 Å². The topological polar surface area (TPSA) is 26.0 Å². The van der Waals surface area contributed by atoms with E-state index in [9.17, 15) is 0 Å². The van der Waals surface area contributed by atoms with Crippen LogP contribution in [0.15, 0.2) is 57.9 Å². The molecule has 0 aliphatic heterocycles. The number of rotatable bonds is 4. The normalized spacial score (nSPS) is 14.1. The van der Waals surface area contributed by atoms with Crippen molar-refractivity contribution in [3.8, 4) is 0 Å². The van der Waals surface area contributed by atoms with Crippen LogP contribution in [0.2, 0.25) is 0 Å². The lowest BCUT2D eigenvalue weighted by Gasteiger charge is -2.21. The van der Waals surface area contributed by atoms with E-state index in [1.54, 1.807) is 0 Å². The van der Waals surface area contributed by atoms with E-state index in [2.05, 4.69) is 72.2 Å². The number of benzene rings is 2. The molecule has 19 heavy (non-hydrogen) atoms. The van der Waals surface area contributed by atoms with E-state index >= 15 is 0 Å². The second kappa shape index (κ2) is 6.60. The van der Waals surface area contributed by atoms with Crippen molar-refractivity contribution in [3.05, 3.63) is 64.1 Å². The summed E-state index contributed by atoms with van der Waals surface area (Å²) in [7, 11) is 0. The highest BCUT2D eigenvalue weighted by atomic mass is 79.9. The Morgan fingerprint density at radius 2 is 1.79 bits per heavy atom. The highest BCUT2D eigenvalue weighted by Crippen LogP contribution is 2.37. The number of thioether (sulfide) groups is 1. The van der Waals surface area contributed by atoms with Gasteiger partial charge in [-0.1, -0.05) is 51.8 Å². The van der Waals surface area contributed by atoms with Gasteiger partial charge in [0.1, 0.15) is 0 Å². The Hall–Kier alpha value is -0.770. The summed E-state index contributed by atoms with van der Waals surface area (Å²) in [5, 5.41) is 0.273. The van der Waals surface area contributed by atoms with E-state index in [0.29, 0.717) is 0 Å². The van der Waals surface area contributed by atoms with Crippen LogP contribution >= 0.6 is 27.7 Å². The van der Waals surface area contributed by atoms with E-state index in [0.717, 1.165) is 4.47 Å². The number of hydrogen-bond donors (Lipinski definition) is 1. The summed E-state index contributed by atoms with van der Waals surface area (Å²) in [6.07, 6.45) is 0. The van der Waals surface area contributed by atoms with Crippen molar-refractivity contribution in [2.24, 2.45) is 5.73 Å². The zero-order chi connectivity index (χ0) is 13.8. The standard InChI is InChI=1S/C16H18BrNS/c1-11-6-8-13(9-7-11)16(12(2)18)19-15-5-3-4-14(17)10-15/h3-10,12,16H,18H2,1-2H3. The predicted molar refractivity (Wildman–Crippen MR) is 87.6 cm³/mol. The summed E-state index contributed by atoms with van der Waals surface area (Å²) < 4.78 is 1.10. The van der Waals surface area contributed by atoms with Crippen molar-refractivity contribution in [2.75, 3.05) is 0 Å². The molecule has 0 aliphatic carbocycles. The summed E-state index contributed by atoms with van der Waals surface area (Å²) in [5.74, 6) is 0. The SMILES string of the molecule is Cc1ccc(C(Sc2cccc(Br)c2)C(C)N)cc1. The van der Waals surface area contributed by atoms with Gasteiger partial charge in [-0.15, -0.1) is 11.8 Å². The van der Waals surface area contributed by atoms with Crippen LogP contribution in [0, 0.1) is 6.92 Å². The summed E-state index contributed by atoms with van der Waals surface area (Å²) in [5.41, 5.74) is 8.72. The van der Waals surface area contributed by atoms with E-state index in [1.165, 1.54) is 16.0 Å². The van der Waals surface area contributed by atoms with Crippen molar-refractivity contribution in [1.29, 1.82) is 0 Å². The Bertz CT molecular complexity index is 537. The minimum atomic E-state index is 0.103. The maximum atomic E-state index is 6.16. The highest BCUT2D eigenvalue weighted by Gasteiger charge is 2.17. The molecule has 2 rings (SSSR count). The summed E-state index contributed by atoms with van der Waals surface area (Å²) in [6, 6.07) is 17.1. The third-order valence-corrected chi connectivity index (χ3v) is 4.92. The summed E-state index contributed by atoms with van der Waals surface area (Å²) in [6.45, 7) is 4.17. The number of nitrogens with two attached hydrogens (primary N) is 1. The van der Waals surface area contributed by atoms with E-state index in [-0.39, 0.29) is 11.3 Å². The first-order chi connectivity index (χ1) is 9.06. The van der Waals surface area contributed by atoms with Gasteiger partial charge in [-0.25, -0.2) is 0 Å². The van der Waals surface area contributed by atoms with Crippen LogP contribution in [0.4, 0.5) is 0 Å². The Labute approximate surface area is 127 Å². The Balaban J connectivity index is 2.23. The van der Waals surface area contributed by atoms with Crippen LogP contribution in [0.1, 0.15) is 23.3 Å². The molecule has 0 saturated carbocycles. The molecule has 0 fully saturated rings. The summed E-state index contributed by atoms with van der Waals surface area (Å²) in [4.78, 5) is 1.23. The molecular formula is C16H18BrNS. The highest BCUT2D eigenvalue weighted by molar-refractivity contribution is 9.10. The molecule has 1 nitrogen and oxygen atoms in total. The Morgan fingerprint density at radius 1 is 1.11 bits per heavy atom. The van der Waals surface area contributed by atoms with Crippen LogP contribution in [0.25, 0.3) is 0 Å². The lowest BCUT2D eigenvalue weighted by Crippen LogP contribution is -2.22. The van der Waals surface area contributed by atoms with Crippen LogP contribution in [0.5, 0.6) is 0 Å². The molecule has 0 aromatic heterocycles. The van der Waals surface area contributed by atoms with Gasteiger partial charge < -0.3 is 5.73 Å². The zero-order valence-corrected chi connectivity index (χ0v) is 13.5. The molecule has 3 heteroatoms. The van der Waals surface area contributed by atoms with Gasteiger partial charge >= 0.3 is 0 Å². The molecule has 2 unspecified atom stereocenters. The average molecular weight is 336 g/mol. The van der Waals surface area contributed by atoms with Crippen LogP contribution in [-0.4, -0.2) is 6.04 Å². The molecular weight excluding hydrogens is 318 g/mol. The third kappa shape index (κ3) is 4.10. The second-order valence-corrected chi connectivity index (χ2v) is 6.90. The predicted octanol–water partition coefficient (Wildman–Crippen LogP) is 4.94. The molecule has 0 amide bonds. The first-order valence-corrected chi connectivity index (χ1v) is 7.98. The van der Waals surface area contributed by atoms with Gasteiger partial charge in [0.05, 0.1) is 0 Å². The van der Waals surface area contributed by atoms with Crippen molar-refractivity contribution in [2.45, 2.75) is 30.0 Å². The summed E-state index contributed by atoms with van der Waals surface area (Å²) >= 11 is 5.33. The van der Waals surface area contributed by atoms with Gasteiger partial charge in [-0.05, 0) is 37.6 Å². The van der Waals surface area contributed by atoms with Crippen molar-refractivity contribution < 1.29 is 0 Å². The number of hydrogen-bond acceptors (Lipinski definition) is 2. The van der Waals surface area contributed by atoms with Crippen LogP contribution in [-0.2, 0) is 0 Å². The molecule has 2 atom stereocenters. The molecule has 2 N–H and O–H groups in total. The fourth-order valence-corrected chi connectivity index (χ4v) is 3.63. The molecule has 0 heterocycles.